The quantitative estimate of drug-likeness (QED) is 0.734. The van der Waals surface area contributed by atoms with Gasteiger partial charge in [-0.3, -0.25) is 4.90 Å². The van der Waals surface area contributed by atoms with Crippen molar-refractivity contribution in [3.63, 3.8) is 0 Å². The lowest BCUT2D eigenvalue weighted by molar-refractivity contribution is 0.00578. The first-order chi connectivity index (χ1) is 14.3. The van der Waals surface area contributed by atoms with Gasteiger partial charge in [0.2, 0.25) is 0 Å². The number of nitrogens with one attached hydrogen (secondary N) is 1. The Morgan fingerprint density at radius 2 is 1.90 bits per heavy atom. The molecule has 2 aliphatic rings. The van der Waals surface area contributed by atoms with Gasteiger partial charge in [0.1, 0.15) is 11.4 Å². The average molecular weight is 434 g/mol. The van der Waals surface area contributed by atoms with Crippen LogP contribution in [0.5, 0.6) is 0 Å². The van der Waals surface area contributed by atoms with Crippen molar-refractivity contribution in [1.82, 2.24) is 10.2 Å². The zero-order chi connectivity index (χ0) is 23.0. The summed E-state index contributed by atoms with van der Waals surface area (Å²) in [5.41, 5.74) is -0.144. The van der Waals surface area contributed by atoms with Crippen molar-refractivity contribution < 1.29 is 23.2 Å². The number of halogens is 1. The van der Waals surface area contributed by atoms with E-state index in [-0.39, 0.29) is 11.9 Å². The van der Waals surface area contributed by atoms with Crippen molar-refractivity contribution in [3.8, 4) is 0 Å². The van der Waals surface area contributed by atoms with Gasteiger partial charge in [-0.1, -0.05) is 12.1 Å². The van der Waals surface area contributed by atoms with Gasteiger partial charge in [0.25, 0.3) is 0 Å². The molecule has 1 N–H and O–H groups in total. The monoisotopic (exact) mass is 434 g/mol. The van der Waals surface area contributed by atoms with E-state index < -0.39 is 30.0 Å². The van der Waals surface area contributed by atoms with E-state index in [9.17, 15) is 9.18 Å². The van der Waals surface area contributed by atoms with Crippen molar-refractivity contribution >= 4 is 18.7 Å². The van der Waals surface area contributed by atoms with Crippen LogP contribution in [0.25, 0.3) is 0 Å². The van der Waals surface area contributed by atoms with Crippen LogP contribution in [0.2, 0.25) is 0 Å². The fourth-order valence-electron chi connectivity index (χ4n) is 3.85. The molecule has 1 atom stereocenters. The molecule has 8 heteroatoms. The Balaban J connectivity index is 1.60. The summed E-state index contributed by atoms with van der Waals surface area (Å²) in [6, 6.07) is 5.19. The Hall–Kier alpha value is -1.64. The van der Waals surface area contributed by atoms with Crippen LogP contribution in [0.4, 0.5) is 9.18 Å². The third kappa shape index (κ3) is 5.99. The number of carbonyl (C=O) groups is 1. The van der Waals surface area contributed by atoms with E-state index in [0.29, 0.717) is 24.1 Å². The van der Waals surface area contributed by atoms with Crippen LogP contribution in [0, 0.1) is 5.82 Å². The maximum absolute atomic E-state index is 14.9. The molecule has 0 saturated carbocycles. The number of likely N-dealkylation sites (tertiary alicyclic amines) is 1. The lowest BCUT2D eigenvalue weighted by atomic mass is 9.78. The van der Waals surface area contributed by atoms with E-state index in [0.717, 1.165) is 19.4 Å². The van der Waals surface area contributed by atoms with Crippen molar-refractivity contribution in [3.05, 3.63) is 29.6 Å². The van der Waals surface area contributed by atoms with Gasteiger partial charge in [0.05, 0.1) is 11.2 Å². The first-order valence-corrected chi connectivity index (χ1v) is 11.1. The second-order valence-electron chi connectivity index (χ2n) is 10.7. The maximum Gasteiger partial charge on any atom is 0.494 e. The van der Waals surface area contributed by atoms with Crippen LogP contribution < -0.4 is 10.8 Å². The zero-order valence-corrected chi connectivity index (χ0v) is 19.9. The van der Waals surface area contributed by atoms with Gasteiger partial charge >= 0.3 is 13.2 Å². The molecular formula is C23H36BFN2O4. The molecule has 2 aliphatic heterocycles. The Labute approximate surface area is 185 Å². The number of rotatable bonds is 4. The van der Waals surface area contributed by atoms with E-state index in [1.165, 1.54) is 6.07 Å². The predicted molar refractivity (Wildman–Crippen MR) is 120 cm³/mol. The third-order valence-corrected chi connectivity index (χ3v) is 6.22. The van der Waals surface area contributed by atoms with Crippen LogP contribution in [0.15, 0.2) is 18.2 Å². The highest BCUT2D eigenvalue weighted by molar-refractivity contribution is 6.62. The normalized spacial score (nSPS) is 23.6. The number of benzene rings is 1. The molecule has 1 unspecified atom stereocenters. The topological polar surface area (TPSA) is 60.0 Å². The van der Waals surface area contributed by atoms with Gasteiger partial charge in [0, 0.05) is 24.7 Å². The molecule has 2 heterocycles. The number of hydrogen-bond donors (Lipinski definition) is 1. The number of piperidine rings is 1. The molecule has 1 amide bonds. The van der Waals surface area contributed by atoms with E-state index in [1.54, 1.807) is 6.07 Å². The largest absolute Gasteiger partial charge is 0.494 e. The SMILES string of the molecule is CC(C)(C)OC(=O)NC1CCCN(Cc2ccc(B3OC(C)(C)C(C)(C)O3)cc2F)C1. The molecule has 3 rings (SSSR count). The highest BCUT2D eigenvalue weighted by Gasteiger charge is 2.51. The van der Waals surface area contributed by atoms with Crippen LogP contribution in [0.3, 0.4) is 0 Å². The van der Waals surface area contributed by atoms with Crippen molar-refractivity contribution in [2.75, 3.05) is 13.1 Å². The second-order valence-corrected chi connectivity index (χ2v) is 10.7. The van der Waals surface area contributed by atoms with E-state index in [4.69, 9.17) is 14.0 Å². The molecule has 0 radical (unpaired) electrons. The fraction of sp³-hybridized carbons (Fsp3) is 0.696. The summed E-state index contributed by atoms with van der Waals surface area (Å²) in [4.78, 5) is 14.2. The molecule has 2 fully saturated rings. The summed E-state index contributed by atoms with van der Waals surface area (Å²) in [5, 5.41) is 2.94. The Bertz CT molecular complexity index is 793. The lowest BCUT2D eigenvalue weighted by Crippen LogP contribution is -2.48. The fourth-order valence-corrected chi connectivity index (χ4v) is 3.85. The highest BCUT2D eigenvalue weighted by atomic mass is 19.1. The smallest absolute Gasteiger partial charge is 0.444 e. The zero-order valence-electron chi connectivity index (χ0n) is 19.9. The molecular weight excluding hydrogens is 398 g/mol. The Morgan fingerprint density at radius 3 is 2.48 bits per heavy atom. The number of carbonyl (C=O) groups excluding carboxylic acids is 1. The second kappa shape index (κ2) is 8.72. The Kier molecular flexibility index (Phi) is 6.75. The summed E-state index contributed by atoms with van der Waals surface area (Å²) in [7, 11) is -0.578. The third-order valence-electron chi connectivity index (χ3n) is 6.22. The van der Waals surface area contributed by atoms with Crippen molar-refractivity contribution in [2.45, 2.75) is 90.7 Å². The van der Waals surface area contributed by atoms with Gasteiger partial charge in [-0.2, -0.15) is 0 Å². The molecule has 0 aromatic heterocycles. The number of hydrogen-bond acceptors (Lipinski definition) is 5. The molecule has 31 heavy (non-hydrogen) atoms. The molecule has 172 valence electrons. The standard InChI is InChI=1S/C23H36BFN2O4/c1-21(2,3)29-20(28)26-18-9-8-12-27(15-18)14-16-10-11-17(13-19(16)25)24-30-22(4,5)23(6,7)31-24/h10-11,13,18H,8-9,12,14-15H2,1-7H3,(H,26,28). The van der Waals surface area contributed by atoms with Crippen LogP contribution >= 0.6 is 0 Å². The Morgan fingerprint density at radius 1 is 1.26 bits per heavy atom. The molecule has 1 aromatic carbocycles. The first-order valence-electron chi connectivity index (χ1n) is 11.1. The van der Waals surface area contributed by atoms with E-state index in [1.807, 2.05) is 54.5 Å². The summed E-state index contributed by atoms with van der Waals surface area (Å²) in [6.07, 6.45) is 1.42. The van der Waals surface area contributed by atoms with E-state index in [2.05, 4.69) is 10.2 Å². The van der Waals surface area contributed by atoms with Crippen molar-refractivity contribution in [1.29, 1.82) is 0 Å². The van der Waals surface area contributed by atoms with Gasteiger partial charge in [-0.15, -0.1) is 0 Å². The summed E-state index contributed by atoms with van der Waals surface area (Å²) in [6.45, 7) is 15.5. The van der Waals surface area contributed by atoms with Gasteiger partial charge in [-0.05, 0) is 79.4 Å². The van der Waals surface area contributed by atoms with Crippen LogP contribution in [-0.4, -0.2) is 54.0 Å². The van der Waals surface area contributed by atoms with Crippen molar-refractivity contribution in [2.24, 2.45) is 0 Å². The number of ether oxygens (including phenoxy) is 1. The molecule has 0 aliphatic carbocycles. The predicted octanol–water partition coefficient (Wildman–Crippen LogP) is 3.61. The molecule has 2 saturated heterocycles. The van der Waals surface area contributed by atoms with Gasteiger partial charge < -0.3 is 19.4 Å². The number of amides is 1. The minimum atomic E-state index is -0.578. The summed E-state index contributed by atoms with van der Waals surface area (Å²) < 4.78 is 32.3. The molecule has 0 bridgehead atoms. The molecule has 0 spiro atoms. The summed E-state index contributed by atoms with van der Waals surface area (Å²) >= 11 is 0. The minimum Gasteiger partial charge on any atom is -0.444 e. The van der Waals surface area contributed by atoms with Crippen LogP contribution in [0.1, 0.15) is 66.9 Å². The van der Waals surface area contributed by atoms with Gasteiger partial charge in [-0.25, -0.2) is 9.18 Å². The summed E-state index contributed by atoms with van der Waals surface area (Å²) in [5.74, 6) is -0.269. The molecule has 6 nitrogen and oxygen atoms in total. The average Bonchev–Trinajstić information content (AvgIpc) is 2.83. The first kappa shape index (κ1) is 24.0. The van der Waals surface area contributed by atoms with Crippen LogP contribution in [-0.2, 0) is 20.6 Å². The highest BCUT2D eigenvalue weighted by Crippen LogP contribution is 2.36. The lowest BCUT2D eigenvalue weighted by Gasteiger charge is -2.33. The number of alkyl carbamates (subject to hydrolysis) is 1. The van der Waals surface area contributed by atoms with Gasteiger partial charge in [0.15, 0.2) is 0 Å². The molecule has 1 aromatic rings. The minimum absolute atomic E-state index is 0.00399. The van der Waals surface area contributed by atoms with E-state index >= 15 is 0 Å². The number of nitrogens with zero attached hydrogens (tertiary/aromatic N) is 1. The maximum atomic E-state index is 14.9.